The van der Waals surface area contributed by atoms with Gasteiger partial charge in [0.25, 0.3) is 0 Å². The van der Waals surface area contributed by atoms with Crippen molar-refractivity contribution in [3.8, 4) is 0 Å². The van der Waals surface area contributed by atoms with Gasteiger partial charge in [0.15, 0.2) is 0 Å². The van der Waals surface area contributed by atoms with Crippen molar-refractivity contribution in [2.24, 2.45) is 11.8 Å². The second-order valence-corrected chi connectivity index (χ2v) is 7.61. The summed E-state index contributed by atoms with van der Waals surface area (Å²) in [6.45, 7) is 12.4. The summed E-state index contributed by atoms with van der Waals surface area (Å²) in [5.74, 6) is 1.91. The molecule has 0 bridgehead atoms. The van der Waals surface area contributed by atoms with E-state index < -0.39 is 4.92 Å². The Bertz CT molecular complexity index is 651. The maximum absolute atomic E-state index is 11.6. The molecule has 0 saturated carbocycles. The van der Waals surface area contributed by atoms with Gasteiger partial charge < -0.3 is 20.4 Å². The molecule has 2 aliphatic heterocycles. The number of hydrogen-bond donors (Lipinski definition) is 1. The Kier molecular flexibility index (Phi) is 5.45. The van der Waals surface area contributed by atoms with Crippen LogP contribution in [0, 0.1) is 22.0 Å². The second kappa shape index (κ2) is 7.61. The van der Waals surface area contributed by atoms with Gasteiger partial charge in [-0.3, -0.25) is 10.1 Å². The van der Waals surface area contributed by atoms with Gasteiger partial charge in [0, 0.05) is 39.3 Å². The van der Waals surface area contributed by atoms with Crippen LogP contribution in [0.1, 0.15) is 27.2 Å². The fourth-order valence-corrected chi connectivity index (χ4v) is 4.09. The van der Waals surface area contributed by atoms with Crippen molar-refractivity contribution in [3.63, 3.8) is 0 Å². The third kappa shape index (κ3) is 3.82. The molecule has 0 amide bonds. The van der Waals surface area contributed by atoms with Crippen molar-refractivity contribution in [2.45, 2.75) is 27.2 Å². The lowest BCUT2D eigenvalue weighted by Crippen LogP contribution is -2.47. The highest BCUT2D eigenvalue weighted by molar-refractivity contribution is 5.71. The van der Waals surface area contributed by atoms with E-state index in [-0.39, 0.29) is 11.5 Å². The Morgan fingerprint density at radius 3 is 2.27 bits per heavy atom. The number of piperazine rings is 1. The number of aromatic nitrogens is 2. The smallest absolute Gasteiger partial charge is 0.353 e. The third-order valence-corrected chi connectivity index (χ3v) is 5.33. The molecule has 2 fully saturated rings. The lowest BCUT2D eigenvalue weighted by molar-refractivity contribution is -0.383. The van der Waals surface area contributed by atoms with Crippen molar-refractivity contribution < 1.29 is 4.92 Å². The predicted molar refractivity (Wildman–Crippen MR) is 103 cm³/mol. The molecule has 9 nitrogen and oxygen atoms in total. The van der Waals surface area contributed by atoms with Gasteiger partial charge in [-0.15, -0.1) is 0 Å². The Morgan fingerprint density at radius 1 is 1.12 bits per heavy atom. The van der Waals surface area contributed by atoms with E-state index in [2.05, 4.69) is 40.5 Å². The van der Waals surface area contributed by atoms with Crippen molar-refractivity contribution >= 4 is 23.3 Å². The fourth-order valence-electron chi connectivity index (χ4n) is 4.09. The van der Waals surface area contributed by atoms with Crippen LogP contribution in [0.15, 0.2) is 0 Å². The second-order valence-electron chi connectivity index (χ2n) is 7.61. The van der Waals surface area contributed by atoms with E-state index in [0.717, 1.165) is 32.7 Å². The lowest BCUT2D eigenvalue weighted by Gasteiger charge is -2.37. The zero-order valence-corrected chi connectivity index (χ0v) is 15.9. The van der Waals surface area contributed by atoms with Crippen molar-refractivity contribution in [1.82, 2.24) is 14.9 Å². The van der Waals surface area contributed by atoms with Gasteiger partial charge in [0.05, 0.1) is 4.92 Å². The maximum atomic E-state index is 11.6. The minimum atomic E-state index is -0.456. The topological polar surface area (TPSA) is 105 Å². The number of hydrogen-bond acceptors (Lipinski definition) is 8. The Morgan fingerprint density at radius 2 is 1.73 bits per heavy atom. The summed E-state index contributed by atoms with van der Waals surface area (Å²) in [4.78, 5) is 26.5. The molecule has 0 radical (unpaired) electrons. The summed E-state index contributed by atoms with van der Waals surface area (Å²) >= 11 is 0. The summed E-state index contributed by atoms with van der Waals surface area (Å²) in [6.07, 6.45) is 1.17. The van der Waals surface area contributed by atoms with Crippen LogP contribution >= 0.6 is 0 Å². The highest BCUT2D eigenvalue weighted by atomic mass is 16.6. The van der Waals surface area contributed by atoms with Crippen LogP contribution in [-0.2, 0) is 0 Å². The molecule has 0 unspecified atom stereocenters. The predicted octanol–water partition coefficient (Wildman–Crippen LogP) is 1.59. The number of likely N-dealkylation sites (N-methyl/N-ethyl adjacent to an activating group) is 1. The molecule has 1 aromatic rings. The monoisotopic (exact) mass is 363 g/mol. The Balaban J connectivity index is 1.93. The number of rotatable bonds is 4. The highest BCUT2D eigenvalue weighted by Crippen LogP contribution is 2.34. The fraction of sp³-hybridized carbons (Fsp3) is 0.765. The molecular formula is C17H29N7O2. The molecular weight excluding hydrogens is 334 g/mol. The van der Waals surface area contributed by atoms with Gasteiger partial charge in [-0.05, 0) is 24.8 Å². The molecule has 1 aromatic heterocycles. The molecule has 0 aromatic carbocycles. The molecule has 2 atom stereocenters. The molecule has 2 N–H and O–H groups in total. The standard InChI is InChI=1S/C17H29N7O2/c1-4-21-5-7-22(8-6-21)16-14(24(25)26)15(18)19-17(20-16)23-10-12(2)9-13(3)11-23/h12-13H,4-11H2,1-3H3,(H2,18,19,20)/t12-,13-/m0/s1. The zero-order chi connectivity index (χ0) is 18.8. The van der Waals surface area contributed by atoms with Crippen LogP contribution in [0.5, 0.6) is 0 Å². The lowest BCUT2D eigenvalue weighted by atomic mass is 9.92. The van der Waals surface area contributed by atoms with Gasteiger partial charge in [-0.1, -0.05) is 20.8 Å². The maximum Gasteiger partial charge on any atom is 0.353 e. The first kappa shape index (κ1) is 18.6. The number of nitro groups is 1. The molecule has 3 rings (SSSR count). The number of nitrogens with two attached hydrogens (primary N) is 1. The normalized spacial score (nSPS) is 24.7. The van der Waals surface area contributed by atoms with Gasteiger partial charge in [0.1, 0.15) is 0 Å². The Labute approximate surface area is 154 Å². The molecule has 0 spiro atoms. The van der Waals surface area contributed by atoms with E-state index >= 15 is 0 Å². The molecule has 3 heterocycles. The van der Waals surface area contributed by atoms with E-state index in [9.17, 15) is 10.1 Å². The molecule has 2 saturated heterocycles. The number of anilines is 3. The van der Waals surface area contributed by atoms with E-state index in [1.807, 2.05) is 4.90 Å². The SMILES string of the molecule is CCN1CCN(c2nc(N3C[C@@H](C)C[C@H](C)C3)nc(N)c2[N+](=O)[O-])CC1. The number of piperidine rings is 1. The average molecular weight is 363 g/mol. The Hall–Kier alpha value is -2.16. The first-order valence-corrected chi connectivity index (χ1v) is 9.43. The van der Waals surface area contributed by atoms with Crippen LogP contribution < -0.4 is 15.5 Å². The van der Waals surface area contributed by atoms with Crippen LogP contribution in [0.25, 0.3) is 0 Å². The molecule has 2 aliphatic rings. The summed E-state index contributed by atoms with van der Waals surface area (Å²) in [7, 11) is 0. The van der Waals surface area contributed by atoms with Gasteiger partial charge in [-0.25, -0.2) is 0 Å². The minimum Gasteiger partial charge on any atom is -0.378 e. The summed E-state index contributed by atoms with van der Waals surface area (Å²) < 4.78 is 0. The summed E-state index contributed by atoms with van der Waals surface area (Å²) in [6, 6.07) is 0. The molecule has 9 heteroatoms. The van der Waals surface area contributed by atoms with Crippen molar-refractivity contribution in [2.75, 3.05) is 61.3 Å². The van der Waals surface area contributed by atoms with Crippen LogP contribution in [0.2, 0.25) is 0 Å². The molecule has 26 heavy (non-hydrogen) atoms. The van der Waals surface area contributed by atoms with E-state index in [1.165, 1.54) is 6.42 Å². The summed E-state index contributed by atoms with van der Waals surface area (Å²) in [5.41, 5.74) is 5.83. The number of nitrogens with zero attached hydrogens (tertiary/aromatic N) is 6. The third-order valence-electron chi connectivity index (χ3n) is 5.33. The molecule has 0 aliphatic carbocycles. The van der Waals surface area contributed by atoms with Gasteiger partial charge >= 0.3 is 5.69 Å². The molecule has 144 valence electrons. The quantitative estimate of drug-likeness (QED) is 0.635. The average Bonchev–Trinajstić information content (AvgIpc) is 2.60. The highest BCUT2D eigenvalue weighted by Gasteiger charge is 2.32. The van der Waals surface area contributed by atoms with Crippen molar-refractivity contribution in [3.05, 3.63) is 10.1 Å². The van der Waals surface area contributed by atoms with E-state index in [0.29, 0.717) is 36.7 Å². The minimum absolute atomic E-state index is 0.0428. The van der Waals surface area contributed by atoms with E-state index in [4.69, 9.17) is 5.73 Å². The largest absolute Gasteiger partial charge is 0.378 e. The van der Waals surface area contributed by atoms with Crippen LogP contribution in [-0.4, -0.2) is 65.6 Å². The first-order chi connectivity index (χ1) is 12.4. The van der Waals surface area contributed by atoms with Gasteiger partial charge in [-0.2, -0.15) is 9.97 Å². The zero-order valence-electron chi connectivity index (χ0n) is 15.9. The first-order valence-electron chi connectivity index (χ1n) is 9.43. The van der Waals surface area contributed by atoms with Gasteiger partial charge in [0.2, 0.25) is 17.6 Å². The van der Waals surface area contributed by atoms with Crippen molar-refractivity contribution in [1.29, 1.82) is 0 Å². The number of nitrogen functional groups attached to an aromatic ring is 1. The summed E-state index contributed by atoms with van der Waals surface area (Å²) in [5, 5.41) is 11.6. The van der Waals surface area contributed by atoms with E-state index in [1.54, 1.807) is 0 Å². The van der Waals surface area contributed by atoms with Crippen LogP contribution in [0.3, 0.4) is 0 Å². The van der Waals surface area contributed by atoms with Crippen LogP contribution in [0.4, 0.5) is 23.3 Å².